The van der Waals surface area contributed by atoms with E-state index in [1.807, 2.05) is 13.8 Å². The zero-order chi connectivity index (χ0) is 21.8. The molecule has 0 radical (unpaired) electrons. The number of nitrogens with one attached hydrogen (secondary N) is 1. The molecular weight excluding hydrogens is 408 g/mol. The smallest absolute Gasteiger partial charge is 0.335 e. The molecule has 1 N–H and O–H groups in total. The summed E-state index contributed by atoms with van der Waals surface area (Å²) in [7, 11) is 1.51. The molecule has 2 aromatic carbocycles. The molecule has 1 aliphatic rings. The summed E-state index contributed by atoms with van der Waals surface area (Å²) in [5.74, 6) is -0.468. The van der Waals surface area contributed by atoms with Gasteiger partial charge in [-0.05, 0) is 61.4 Å². The van der Waals surface area contributed by atoms with Gasteiger partial charge in [-0.1, -0.05) is 24.6 Å². The number of anilines is 1. The van der Waals surface area contributed by atoms with Gasteiger partial charge in [0, 0.05) is 5.02 Å². The van der Waals surface area contributed by atoms with E-state index in [1.54, 1.807) is 30.3 Å². The van der Waals surface area contributed by atoms with Crippen molar-refractivity contribution in [3.8, 4) is 11.5 Å². The van der Waals surface area contributed by atoms with E-state index in [-0.39, 0.29) is 11.7 Å². The second-order valence-electron chi connectivity index (χ2n) is 6.68. The molecule has 1 heterocycles. The Morgan fingerprint density at radius 2 is 1.80 bits per heavy atom. The largest absolute Gasteiger partial charge is 0.493 e. The Morgan fingerprint density at radius 1 is 1.10 bits per heavy atom. The lowest BCUT2D eigenvalue weighted by Gasteiger charge is -2.26. The van der Waals surface area contributed by atoms with Crippen molar-refractivity contribution in [2.24, 2.45) is 0 Å². The maximum absolute atomic E-state index is 12.9. The number of rotatable bonds is 6. The number of methoxy groups -OCH3 is 1. The number of amides is 4. The lowest BCUT2D eigenvalue weighted by Crippen LogP contribution is -2.54. The van der Waals surface area contributed by atoms with Gasteiger partial charge in [0.05, 0.1) is 18.9 Å². The predicted octanol–water partition coefficient (Wildman–Crippen LogP) is 4.19. The third kappa shape index (κ3) is 4.46. The number of nitrogens with zero attached hydrogens (tertiary/aromatic N) is 1. The second-order valence-corrected chi connectivity index (χ2v) is 7.12. The van der Waals surface area contributed by atoms with Crippen molar-refractivity contribution < 1.29 is 23.9 Å². The van der Waals surface area contributed by atoms with Crippen LogP contribution < -0.4 is 19.7 Å². The van der Waals surface area contributed by atoms with Crippen molar-refractivity contribution in [2.45, 2.75) is 26.4 Å². The Morgan fingerprint density at radius 3 is 2.43 bits per heavy atom. The van der Waals surface area contributed by atoms with Gasteiger partial charge in [-0.25, -0.2) is 9.69 Å². The summed E-state index contributed by atoms with van der Waals surface area (Å²) in [6.07, 6.45) is 2.24. The molecule has 0 bridgehead atoms. The van der Waals surface area contributed by atoms with Gasteiger partial charge >= 0.3 is 6.03 Å². The number of hydrogen-bond donors (Lipinski definition) is 1. The van der Waals surface area contributed by atoms with Crippen LogP contribution in [0.5, 0.6) is 11.5 Å². The number of barbiturate groups is 1. The topological polar surface area (TPSA) is 84.9 Å². The van der Waals surface area contributed by atoms with E-state index in [9.17, 15) is 14.4 Å². The van der Waals surface area contributed by atoms with Crippen molar-refractivity contribution in [3.05, 3.63) is 58.6 Å². The Bertz CT molecular complexity index is 1020. The second kappa shape index (κ2) is 9.00. The van der Waals surface area contributed by atoms with Crippen LogP contribution in [-0.4, -0.2) is 31.1 Å². The molecule has 1 atom stereocenters. The Labute approximate surface area is 179 Å². The van der Waals surface area contributed by atoms with Gasteiger partial charge in [-0.15, -0.1) is 0 Å². The molecule has 2 aromatic rings. The number of urea groups is 1. The molecule has 7 nitrogen and oxygen atoms in total. The van der Waals surface area contributed by atoms with Crippen LogP contribution in [0.3, 0.4) is 0 Å². The van der Waals surface area contributed by atoms with E-state index in [0.717, 1.165) is 11.3 Å². The molecule has 8 heteroatoms. The molecule has 1 fully saturated rings. The molecule has 1 saturated heterocycles. The maximum Gasteiger partial charge on any atom is 0.335 e. The molecule has 0 aromatic heterocycles. The van der Waals surface area contributed by atoms with Crippen molar-refractivity contribution >= 4 is 41.2 Å². The lowest BCUT2D eigenvalue weighted by atomic mass is 10.1. The van der Waals surface area contributed by atoms with Gasteiger partial charge in [0.15, 0.2) is 11.5 Å². The highest BCUT2D eigenvalue weighted by Gasteiger charge is 2.36. The zero-order valence-corrected chi connectivity index (χ0v) is 17.5. The highest BCUT2D eigenvalue weighted by Crippen LogP contribution is 2.31. The Balaban J connectivity index is 1.95. The summed E-state index contributed by atoms with van der Waals surface area (Å²) in [5.41, 5.74) is 0.671. The van der Waals surface area contributed by atoms with Crippen LogP contribution in [0.15, 0.2) is 48.0 Å². The number of ether oxygens (including phenoxy) is 2. The molecule has 1 aliphatic heterocycles. The molecule has 4 amide bonds. The Hall–Kier alpha value is -3.32. The number of carbonyl (C=O) groups excluding carboxylic acids is 3. The minimum atomic E-state index is -0.820. The summed E-state index contributed by atoms with van der Waals surface area (Å²) in [5, 5.41) is 2.65. The van der Waals surface area contributed by atoms with Gasteiger partial charge in [-0.2, -0.15) is 0 Å². The van der Waals surface area contributed by atoms with Crippen LogP contribution in [0.4, 0.5) is 10.5 Å². The van der Waals surface area contributed by atoms with E-state index in [0.29, 0.717) is 27.8 Å². The number of carbonyl (C=O) groups is 3. The number of benzene rings is 2. The minimum Gasteiger partial charge on any atom is -0.493 e. The van der Waals surface area contributed by atoms with Gasteiger partial charge < -0.3 is 9.47 Å². The molecule has 3 rings (SSSR count). The van der Waals surface area contributed by atoms with Crippen molar-refractivity contribution in [3.63, 3.8) is 0 Å². The normalized spacial score (nSPS) is 16.5. The summed E-state index contributed by atoms with van der Waals surface area (Å²) in [6, 6.07) is 10.4. The summed E-state index contributed by atoms with van der Waals surface area (Å²) in [6.45, 7) is 3.96. The summed E-state index contributed by atoms with van der Waals surface area (Å²) < 4.78 is 11.2. The van der Waals surface area contributed by atoms with Crippen LogP contribution in [0, 0.1) is 0 Å². The van der Waals surface area contributed by atoms with E-state index in [2.05, 4.69) is 5.32 Å². The third-order valence-corrected chi connectivity index (χ3v) is 4.84. The predicted molar refractivity (Wildman–Crippen MR) is 114 cm³/mol. The SMILES string of the molecule is CCC(C)Oc1ccc(C=C2C(=O)NC(=O)N(c3ccc(Cl)cc3)C2=O)cc1OC. The van der Waals surface area contributed by atoms with Crippen LogP contribution in [0.2, 0.25) is 5.02 Å². The zero-order valence-electron chi connectivity index (χ0n) is 16.8. The molecule has 0 saturated carbocycles. The van der Waals surface area contributed by atoms with Crippen LogP contribution >= 0.6 is 11.6 Å². The Kier molecular flexibility index (Phi) is 6.42. The standard InChI is InChI=1S/C22H21ClN2O5/c1-4-13(2)30-18-10-5-14(12-19(18)29-3)11-17-20(26)24-22(28)25(21(17)27)16-8-6-15(23)7-9-16/h5-13H,4H2,1-3H3,(H,24,26,28). The van der Waals surface area contributed by atoms with Crippen LogP contribution in [0.1, 0.15) is 25.8 Å². The fourth-order valence-electron chi connectivity index (χ4n) is 2.82. The number of halogens is 1. The first-order chi connectivity index (χ1) is 14.3. The third-order valence-electron chi connectivity index (χ3n) is 4.59. The fraction of sp³-hybridized carbons (Fsp3) is 0.227. The lowest BCUT2D eigenvalue weighted by molar-refractivity contribution is -0.122. The van der Waals surface area contributed by atoms with Gasteiger partial charge in [0.25, 0.3) is 11.8 Å². The van der Waals surface area contributed by atoms with Crippen molar-refractivity contribution in [1.29, 1.82) is 0 Å². The first-order valence-electron chi connectivity index (χ1n) is 9.35. The van der Waals surface area contributed by atoms with Crippen molar-refractivity contribution in [2.75, 3.05) is 12.0 Å². The van der Waals surface area contributed by atoms with E-state index < -0.39 is 17.8 Å². The van der Waals surface area contributed by atoms with Crippen LogP contribution in [0.25, 0.3) is 6.08 Å². The van der Waals surface area contributed by atoms with E-state index >= 15 is 0 Å². The fourth-order valence-corrected chi connectivity index (χ4v) is 2.95. The molecule has 1 unspecified atom stereocenters. The minimum absolute atomic E-state index is 0.00718. The average Bonchev–Trinajstić information content (AvgIpc) is 2.73. The molecular formula is C22H21ClN2O5. The molecule has 0 aliphatic carbocycles. The van der Waals surface area contributed by atoms with E-state index in [1.165, 1.54) is 25.3 Å². The number of imide groups is 2. The highest BCUT2D eigenvalue weighted by atomic mass is 35.5. The average molecular weight is 429 g/mol. The molecule has 156 valence electrons. The highest BCUT2D eigenvalue weighted by molar-refractivity contribution is 6.39. The number of hydrogen-bond acceptors (Lipinski definition) is 5. The molecule has 30 heavy (non-hydrogen) atoms. The van der Waals surface area contributed by atoms with Crippen LogP contribution in [-0.2, 0) is 9.59 Å². The maximum atomic E-state index is 12.9. The first kappa shape index (κ1) is 21.4. The van der Waals surface area contributed by atoms with Gasteiger partial charge in [-0.3, -0.25) is 14.9 Å². The monoisotopic (exact) mass is 428 g/mol. The molecule has 0 spiro atoms. The van der Waals surface area contributed by atoms with Gasteiger partial charge in [0.2, 0.25) is 0 Å². The summed E-state index contributed by atoms with van der Waals surface area (Å²) in [4.78, 5) is 38.4. The first-order valence-corrected chi connectivity index (χ1v) is 9.73. The van der Waals surface area contributed by atoms with Crippen molar-refractivity contribution in [1.82, 2.24) is 5.32 Å². The summed E-state index contributed by atoms with van der Waals surface area (Å²) >= 11 is 5.87. The van der Waals surface area contributed by atoms with Gasteiger partial charge in [0.1, 0.15) is 5.57 Å². The van der Waals surface area contributed by atoms with E-state index in [4.69, 9.17) is 21.1 Å². The quantitative estimate of drug-likeness (QED) is 0.550.